The number of hydrogen-bond donors (Lipinski definition) is 1. The van der Waals surface area contributed by atoms with Crippen LogP contribution in [0.2, 0.25) is 0 Å². The van der Waals surface area contributed by atoms with Gasteiger partial charge in [0.1, 0.15) is 5.60 Å². The van der Waals surface area contributed by atoms with E-state index in [2.05, 4.69) is 11.9 Å². The zero-order valence-electron chi connectivity index (χ0n) is 9.03. The third-order valence-corrected chi connectivity index (χ3v) is 2.48. The SMILES string of the molecule is CCCCC[C@](C)(O)c1ccccn1. The Balaban J connectivity index is 2.56. The number of rotatable bonds is 5. The second kappa shape index (κ2) is 5.11. The largest absolute Gasteiger partial charge is 0.384 e. The molecule has 1 aromatic heterocycles. The third-order valence-electron chi connectivity index (χ3n) is 2.48. The van der Waals surface area contributed by atoms with Gasteiger partial charge in [-0.25, -0.2) is 0 Å². The summed E-state index contributed by atoms with van der Waals surface area (Å²) in [6.07, 6.45) is 5.92. The van der Waals surface area contributed by atoms with E-state index >= 15 is 0 Å². The van der Waals surface area contributed by atoms with E-state index in [4.69, 9.17) is 0 Å². The Labute approximate surface area is 86.0 Å². The second-order valence-electron chi connectivity index (χ2n) is 3.95. The quantitative estimate of drug-likeness (QED) is 0.729. The first-order valence-corrected chi connectivity index (χ1v) is 5.30. The summed E-state index contributed by atoms with van der Waals surface area (Å²) < 4.78 is 0. The van der Waals surface area contributed by atoms with Crippen molar-refractivity contribution < 1.29 is 5.11 Å². The van der Waals surface area contributed by atoms with E-state index in [-0.39, 0.29) is 0 Å². The van der Waals surface area contributed by atoms with Crippen LogP contribution in [-0.2, 0) is 5.60 Å². The molecular formula is C12H19NO. The lowest BCUT2D eigenvalue weighted by molar-refractivity contribution is 0.0405. The molecule has 0 amide bonds. The summed E-state index contributed by atoms with van der Waals surface area (Å²) in [6, 6.07) is 5.66. The van der Waals surface area contributed by atoms with Crippen LogP contribution in [0.25, 0.3) is 0 Å². The van der Waals surface area contributed by atoms with Gasteiger partial charge in [0, 0.05) is 6.20 Å². The Morgan fingerprint density at radius 1 is 1.36 bits per heavy atom. The van der Waals surface area contributed by atoms with Gasteiger partial charge < -0.3 is 5.11 Å². The van der Waals surface area contributed by atoms with Gasteiger partial charge in [0.2, 0.25) is 0 Å². The maximum atomic E-state index is 10.1. The Kier molecular flexibility index (Phi) is 4.08. The molecule has 0 saturated carbocycles. The van der Waals surface area contributed by atoms with E-state index in [1.54, 1.807) is 6.20 Å². The average Bonchev–Trinajstić information content (AvgIpc) is 2.19. The van der Waals surface area contributed by atoms with Crippen LogP contribution in [0.4, 0.5) is 0 Å². The van der Waals surface area contributed by atoms with E-state index in [9.17, 15) is 5.11 Å². The molecule has 0 aliphatic rings. The zero-order chi connectivity index (χ0) is 10.4. The molecule has 1 atom stereocenters. The average molecular weight is 193 g/mol. The van der Waals surface area contributed by atoms with Gasteiger partial charge in [-0.05, 0) is 25.5 Å². The molecule has 0 radical (unpaired) electrons. The van der Waals surface area contributed by atoms with Crippen molar-refractivity contribution in [2.75, 3.05) is 0 Å². The summed E-state index contributed by atoms with van der Waals surface area (Å²) in [6.45, 7) is 4.00. The van der Waals surface area contributed by atoms with Crippen LogP contribution >= 0.6 is 0 Å². The van der Waals surface area contributed by atoms with Crippen molar-refractivity contribution in [3.05, 3.63) is 30.1 Å². The summed E-state index contributed by atoms with van der Waals surface area (Å²) in [5.41, 5.74) is 0.00674. The molecule has 1 N–H and O–H groups in total. The van der Waals surface area contributed by atoms with Crippen molar-refractivity contribution >= 4 is 0 Å². The summed E-state index contributed by atoms with van der Waals surface area (Å²) in [5.74, 6) is 0. The smallest absolute Gasteiger partial charge is 0.104 e. The molecule has 0 bridgehead atoms. The second-order valence-corrected chi connectivity index (χ2v) is 3.95. The minimum atomic E-state index is -0.767. The van der Waals surface area contributed by atoms with Gasteiger partial charge in [0.15, 0.2) is 0 Å². The molecule has 0 spiro atoms. The fourth-order valence-corrected chi connectivity index (χ4v) is 1.53. The van der Waals surface area contributed by atoms with Crippen molar-refractivity contribution in [3.8, 4) is 0 Å². The number of hydrogen-bond acceptors (Lipinski definition) is 2. The predicted molar refractivity (Wildman–Crippen MR) is 57.9 cm³/mol. The number of aliphatic hydroxyl groups is 1. The van der Waals surface area contributed by atoms with Crippen LogP contribution in [0, 0.1) is 0 Å². The number of pyridine rings is 1. The molecule has 2 heteroatoms. The lowest BCUT2D eigenvalue weighted by Crippen LogP contribution is -2.22. The van der Waals surface area contributed by atoms with Gasteiger partial charge in [-0.3, -0.25) is 4.98 Å². The molecule has 0 fully saturated rings. The van der Waals surface area contributed by atoms with E-state index in [1.807, 2.05) is 25.1 Å². The molecule has 1 aromatic rings. The predicted octanol–water partition coefficient (Wildman–Crippen LogP) is 2.87. The molecular weight excluding hydrogens is 174 g/mol. The lowest BCUT2D eigenvalue weighted by atomic mass is 9.94. The van der Waals surface area contributed by atoms with Crippen LogP contribution < -0.4 is 0 Å². The van der Waals surface area contributed by atoms with Crippen molar-refractivity contribution in [3.63, 3.8) is 0 Å². The Hall–Kier alpha value is -0.890. The first kappa shape index (κ1) is 11.2. The molecule has 2 nitrogen and oxygen atoms in total. The number of unbranched alkanes of at least 4 members (excludes halogenated alkanes) is 2. The molecule has 0 unspecified atom stereocenters. The van der Waals surface area contributed by atoms with Crippen LogP contribution in [-0.4, -0.2) is 10.1 Å². The van der Waals surface area contributed by atoms with E-state index < -0.39 is 5.60 Å². The van der Waals surface area contributed by atoms with Gasteiger partial charge in [-0.2, -0.15) is 0 Å². The van der Waals surface area contributed by atoms with E-state index in [1.165, 1.54) is 12.8 Å². The summed E-state index contributed by atoms with van der Waals surface area (Å²) in [4.78, 5) is 4.18. The fourth-order valence-electron chi connectivity index (χ4n) is 1.53. The maximum absolute atomic E-state index is 10.1. The molecule has 0 aliphatic carbocycles. The Bertz CT molecular complexity index is 256. The van der Waals surface area contributed by atoms with Gasteiger partial charge in [-0.1, -0.05) is 32.3 Å². The van der Waals surface area contributed by atoms with Crippen molar-refractivity contribution in [1.29, 1.82) is 0 Å². The van der Waals surface area contributed by atoms with Crippen LogP contribution in [0.5, 0.6) is 0 Å². The Morgan fingerprint density at radius 2 is 2.14 bits per heavy atom. The van der Waals surface area contributed by atoms with Crippen LogP contribution in [0.3, 0.4) is 0 Å². The first-order chi connectivity index (χ1) is 6.67. The lowest BCUT2D eigenvalue weighted by Gasteiger charge is -2.22. The van der Waals surface area contributed by atoms with Crippen molar-refractivity contribution in [1.82, 2.24) is 4.98 Å². The number of nitrogens with zero attached hydrogens (tertiary/aromatic N) is 1. The van der Waals surface area contributed by atoms with Gasteiger partial charge in [-0.15, -0.1) is 0 Å². The monoisotopic (exact) mass is 193 g/mol. The molecule has 0 saturated heterocycles. The highest BCUT2D eigenvalue weighted by atomic mass is 16.3. The van der Waals surface area contributed by atoms with Gasteiger partial charge in [0.25, 0.3) is 0 Å². The number of aromatic nitrogens is 1. The minimum absolute atomic E-state index is 0.767. The van der Waals surface area contributed by atoms with E-state index in [0.717, 1.165) is 18.5 Å². The Morgan fingerprint density at radius 3 is 2.71 bits per heavy atom. The molecule has 0 aliphatic heterocycles. The van der Waals surface area contributed by atoms with Gasteiger partial charge >= 0.3 is 0 Å². The normalized spacial score (nSPS) is 15.1. The molecule has 78 valence electrons. The first-order valence-electron chi connectivity index (χ1n) is 5.30. The minimum Gasteiger partial charge on any atom is -0.384 e. The zero-order valence-corrected chi connectivity index (χ0v) is 9.03. The summed E-state index contributed by atoms with van der Waals surface area (Å²) in [7, 11) is 0. The highest BCUT2D eigenvalue weighted by Crippen LogP contribution is 2.24. The maximum Gasteiger partial charge on any atom is 0.104 e. The third kappa shape index (κ3) is 3.11. The highest BCUT2D eigenvalue weighted by Gasteiger charge is 2.23. The van der Waals surface area contributed by atoms with Crippen molar-refractivity contribution in [2.45, 2.75) is 45.1 Å². The highest BCUT2D eigenvalue weighted by molar-refractivity contribution is 5.11. The van der Waals surface area contributed by atoms with Crippen molar-refractivity contribution in [2.24, 2.45) is 0 Å². The topological polar surface area (TPSA) is 33.1 Å². The molecule has 14 heavy (non-hydrogen) atoms. The van der Waals surface area contributed by atoms with E-state index in [0.29, 0.717) is 0 Å². The molecule has 1 heterocycles. The summed E-state index contributed by atoms with van der Waals surface area (Å²) in [5, 5.41) is 10.1. The fraction of sp³-hybridized carbons (Fsp3) is 0.583. The van der Waals surface area contributed by atoms with Crippen LogP contribution in [0.15, 0.2) is 24.4 Å². The van der Waals surface area contributed by atoms with Crippen LogP contribution in [0.1, 0.15) is 45.2 Å². The standard InChI is InChI=1S/C12H19NO/c1-3-4-6-9-12(2,14)11-8-5-7-10-13-11/h5,7-8,10,14H,3-4,6,9H2,1-2H3/t12-/m0/s1. The molecule has 1 rings (SSSR count). The summed E-state index contributed by atoms with van der Waals surface area (Å²) >= 11 is 0. The molecule has 0 aromatic carbocycles. The van der Waals surface area contributed by atoms with Gasteiger partial charge in [0.05, 0.1) is 5.69 Å².